The first-order valence-electron chi connectivity index (χ1n) is 11.3. The van der Waals surface area contributed by atoms with E-state index in [9.17, 15) is 10.4 Å². The molecule has 1 N–H and O–H groups in total. The first-order chi connectivity index (χ1) is 16.3. The minimum Gasteiger partial charge on any atom is -0.384 e. The van der Waals surface area contributed by atoms with Crippen molar-refractivity contribution in [1.82, 2.24) is 4.90 Å². The van der Waals surface area contributed by atoms with Gasteiger partial charge in [0.05, 0.1) is 45.6 Å². The summed E-state index contributed by atoms with van der Waals surface area (Å²) >= 11 is 6.60. The third-order valence-electron chi connectivity index (χ3n) is 6.48. The van der Waals surface area contributed by atoms with Crippen molar-refractivity contribution < 1.29 is 5.11 Å². The van der Waals surface area contributed by atoms with Crippen molar-refractivity contribution in [2.45, 2.75) is 25.5 Å². The van der Waals surface area contributed by atoms with Gasteiger partial charge in [0.25, 0.3) is 0 Å². The molecule has 0 amide bonds. The number of anilines is 1. The van der Waals surface area contributed by atoms with E-state index in [-0.39, 0.29) is 6.04 Å². The van der Waals surface area contributed by atoms with Gasteiger partial charge in [-0.05, 0) is 55.3 Å². The molecule has 5 nitrogen and oxygen atoms in total. The van der Waals surface area contributed by atoms with Gasteiger partial charge < -0.3 is 10.0 Å². The van der Waals surface area contributed by atoms with Crippen molar-refractivity contribution in [2.75, 3.05) is 31.1 Å². The summed E-state index contributed by atoms with van der Waals surface area (Å²) in [5.74, 6) is 0. The van der Waals surface area contributed by atoms with Gasteiger partial charge in [0.1, 0.15) is 0 Å². The van der Waals surface area contributed by atoms with E-state index in [1.807, 2.05) is 25.1 Å². The van der Waals surface area contributed by atoms with Crippen molar-refractivity contribution >= 4 is 17.3 Å². The van der Waals surface area contributed by atoms with Gasteiger partial charge in [0.2, 0.25) is 0 Å². The monoisotopic (exact) mass is 470 g/mol. The number of rotatable bonds is 5. The van der Waals surface area contributed by atoms with E-state index in [1.165, 1.54) is 11.1 Å². The van der Waals surface area contributed by atoms with Gasteiger partial charge in [-0.25, -0.2) is 0 Å². The van der Waals surface area contributed by atoms with Gasteiger partial charge in [-0.15, -0.1) is 0 Å². The Balaban J connectivity index is 1.61. The number of aliphatic hydroxyl groups is 1. The topological polar surface area (TPSA) is 74.3 Å². The molecule has 1 aliphatic rings. The maximum Gasteiger partial charge on any atom is 0.0994 e. The van der Waals surface area contributed by atoms with E-state index in [0.29, 0.717) is 29.2 Å². The quantitative estimate of drug-likeness (QED) is 0.557. The van der Waals surface area contributed by atoms with Gasteiger partial charge in [-0.2, -0.15) is 10.5 Å². The van der Waals surface area contributed by atoms with Crippen LogP contribution in [-0.2, 0) is 5.60 Å². The summed E-state index contributed by atoms with van der Waals surface area (Å²) in [5.41, 5.74) is 4.13. The average molecular weight is 471 g/mol. The molecule has 34 heavy (non-hydrogen) atoms. The van der Waals surface area contributed by atoms with Crippen LogP contribution in [0.15, 0.2) is 66.7 Å². The molecule has 1 aliphatic heterocycles. The van der Waals surface area contributed by atoms with Gasteiger partial charge in [0, 0.05) is 26.2 Å². The summed E-state index contributed by atoms with van der Waals surface area (Å²) < 4.78 is 0. The summed E-state index contributed by atoms with van der Waals surface area (Å²) in [5, 5.41) is 30.1. The lowest BCUT2D eigenvalue weighted by molar-refractivity contribution is 0.0103. The van der Waals surface area contributed by atoms with Crippen molar-refractivity contribution in [3.63, 3.8) is 0 Å². The van der Waals surface area contributed by atoms with Crippen LogP contribution < -0.4 is 4.90 Å². The second-order valence-electron chi connectivity index (χ2n) is 9.10. The Morgan fingerprint density at radius 2 is 1.62 bits per heavy atom. The molecular weight excluding hydrogens is 444 g/mol. The highest BCUT2D eigenvalue weighted by Gasteiger charge is 2.34. The van der Waals surface area contributed by atoms with Gasteiger partial charge in [-0.3, -0.25) is 4.90 Å². The number of hydrogen-bond donors (Lipinski definition) is 1. The van der Waals surface area contributed by atoms with E-state index in [4.69, 9.17) is 16.9 Å². The van der Waals surface area contributed by atoms with E-state index in [0.717, 1.165) is 24.3 Å². The highest BCUT2D eigenvalue weighted by Crippen LogP contribution is 2.36. The molecule has 1 heterocycles. The molecule has 6 heteroatoms. The molecule has 0 unspecified atom stereocenters. The molecule has 0 aliphatic carbocycles. The van der Waals surface area contributed by atoms with Crippen molar-refractivity contribution in [1.29, 1.82) is 10.5 Å². The Morgan fingerprint density at radius 3 is 2.24 bits per heavy atom. The Kier molecular flexibility index (Phi) is 6.91. The SMILES string of the molecule is Cc1ccc([C@@H]2CN(C[C@@](C)(O)c3ccc(C#N)cc3)CCN2c2ccc(C#N)cc2Cl)cc1. The molecule has 172 valence electrons. The smallest absolute Gasteiger partial charge is 0.0994 e. The molecule has 1 saturated heterocycles. The number of nitriles is 2. The van der Waals surface area contributed by atoms with Crippen LogP contribution in [0.4, 0.5) is 5.69 Å². The lowest BCUT2D eigenvalue weighted by atomic mass is 9.93. The van der Waals surface area contributed by atoms with Gasteiger partial charge >= 0.3 is 0 Å². The highest BCUT2D eigenvalue weighted by atomic mass is 35.5. The number of β-amino-alcohol motifs (C(OH)–C–C–N with tert-alkyl or cyclic N) is 1. The average Bonchev–Trinajstić information content (AvgIpc) is 2.84. The van der Waals surface area contributed by atoms with Crippen LogP contribution in [0.1, 0.15) is 40.8 Å². The summed E-state index contributed by atoms with van der Waals surface area (Å²) in [6, 6.07) is 25.4. The van der Waals surface area contributed by atoms with Crippen LogP contribution in [0.3, 0.4) is 0 Å². The zero-order valence-electron chi connectivity index (χ0n) is 19.4. The van der Waals surface area contributed by atoms with Gasteiger partial charge in [-0.1, -0.05) is 53.6 Å². The van der Waals surface area contributed by atoms with E-state index in [2.05, 4.69) is 53.1 Å². The molecule has 2 atom stereocenters. The zero-order chi connectivity index (χ0) is 24.3. The Labute approximate surface area is 206 Å². The fraction of sp³-hybridized carbons (Fsp3) is 0.286. The normalized spacial score (nSPS) is 18.1. The number of benzene rings is 3. The van der Waals surface area contributed by atoms with Gasteiger partial charge in [0.15, 0.2) is 0 Å². The summed E-state index contributed by atoms with van der Waals surface area (Å²) in [4.78, 5) is 4.57. The largest absolute Gasteiger partial charge is 0.384 e. The molecule has 0 spiro atoms. The molecule has 0 bridgehead atoms. The fourth-order valence-corrected chi connectivity index (χ4v) is 4.87. The molecule has 0 radical (unpaired) electrons. The maximum atomic E-state index is 11.3. The fourth-order valence-electron chi connectivity index (χ4n) is 4.59. The van der Waals surface area contributed by atoms with Crippen LogP contribution in [0, 0.1) is 29.6 Å². The van der Waals surface area contributed by atoms with Crippen LogP contribution >= 0.6 is 11.6 Å². The molecular formula is C28H27ClN4O. The molecule has 3 aromatic carbocycles. The number of piperazine rings is 1. The Morgan fingerprint density at radius 1 is 0.971 bits per heavy atom. The minimum absolute atomic E-state index is 0.0385. The van der Waals surface area contributed by atoms with Crippen molar-refractivity contribution in [3.8, 4) is 12.1 Å². The third kappa shape index (κ3) is 5.08. The highest BCUT2D eigenvalue weighted by molar-refractivity contribution is 6.33. The zero-order valence-corrected chi connectivity index (χ0v) is 20.1. The van der Waals surface area contributed by atoms with Crippen LogP contribution in [-0.4, -0.2) is 36.2 Å². The third-order valence-corrected chi connectivity index (χ3v) is 6.78. The van der Waals surface area contributed by atoms with Crippen LogP contribution in [0.5, 0.6) is 0 Å². The Hall–Kier alpha value is -3.35. The lowest BCUT2D eigenvalue weighted by Gasteiger charge is -2.45. The summed E-state index contributed by atoms with van der Waals surface area (Å²) in [6.07, 6.45) is 0. The Bertz CT molecular complexity index is 1240. The maximum absolute atomic E-state index is 11.3. The number of aryl methyl sites for hydroxylation is 1. The number of nitrogens with zero attached hydrogens (tertiary/aromatic N) is 4. The van der Waals surface area contributed by atoms with Crippen molar-refractivity contribution in [2.24, 2.45) is 0 Å². The van der Waals surface area contributed by atoms with E-state index in [1.54, 1.807) is 24.3 Å². The number of hydrogen-bond acceptors (Lipinski definition) is 5. The van der Waals surface area contributed by atoms with Crippen LogP contribution in [0.2, 0.25) is 5.02 Å². The first kappa shape index (κ1) is 23.8. The summed E-state index contributed by atoms with van der Waals surface area (Å²) in [7, 11) is 0. The summed E-state index contributed by atoms with van der Waals surface area (Å²) in [6.45, 7) is 6.56. The number of halogens is 1. The molecule has 4 rings (SSSR count). The predicted molar refractivity (Wildman–Crippen MR) is 135 cm³/mol. The molecule has 0 saturated carbocycles. The standard InChI is InChI=1S/C28H27ClN4O/c1-20-3-8-23(9-4-20)27-18-32(19-28(2,34)24-10-5-21(16-30)6-11-24)13-14-33(27)26-12-7-22(17-31)15-25(26)29/h3-12,15,27,34H,13-14,18-19H2,1-2H3/t27-,28+/m0/s1. The van der Waals surface area contributed by atoms with Crippen LogP contribution in [0.25, 0.3) is 0 Å². The van der Waals surface area contributed by atoms with E-state index < -0.39 is 5.60 Å². The second kappa shape index (κ2) is 9.87. The minimum atomic E-state index is -1.06. The second-order valence-corrected chi connectivity index (χ2v) is 9.50. The van der Waals surface area contributed by atoms with E-state index >= 15 is 0 Å². The molecule has 1 fully saturated rings. The lowest BCUT2D eigenvalue weighted by Crippen LogP contribution is -2.52. The first-order valence-corrected chi connectivity index (χ1v) is 11.7. The molecule has 0 aromatic heterocycles. The molecule has 3 aromatic rings. The predicted octanol–water partition coefficient (Wildman–Crippen LogP) is 5.16. The van der Waals surface area contributed by atoms with Crippen molar-refractivity contribution in [3.05, 3.63) is 99.6 Å².